The van der Waals surface area contributed by atoms with E-state index in [2.05, 4.69) is 5.32 Å². The van der Waals surface area contributed by atoms with E-state index in [0.29, 0.717) is 4.90 Å². The molecule has 0 heterocycles. The Labute approximate surface area is 220 Å². The van der Waals surface area contributed by atoms with E-state index < -0.39 is 28.2 Å². The minimum Gasteiger partial charge on any atom is -0.467 e. The zero-order valence-electron chi connectivity index (χ0n) is 20.6. The van der Waals surface area contributed by atoms with Crippen LogP contribution in [0.15, 0.2) is 126 Å². The summed E-state index contributed by atoms with van der Waals surface area (Å²) in [5.41, 5.74) is 1.07. The van der Waals surface area contributed by atoms with Crippen LogP contribution in [0.5, 0.6) is 0 Å². The fourth-order valence-electron chi connectivity index (χ4n) is 4.53. The number of amides is 1. The Bertz CT molecular complexity index is 1230. The molecule has 2 atom stereocenters. The fraction of sp³-hybridized carbons (Fsp3) is 0.161. The Hall–Kier alpha value is -4.03. The molecule has 1 amide bonds. The van der Waals surface area contributed by atoms with Crippen molar-refractivity contribution in [3.05, 3.63) is 138 Å². The van der Waals surface area contributed by atoms with Gasteiger partial charge < -0.3 is 10.1 Å². The zero-order valence-corrected chi connectivity index (χ0v) is 21.4. The van der Waals surface area contributed by atoms with Crippen molar-refractivity contribution in [3.63, 3.8) is 0 Å². The number of carbonyl (C=O) groups is 2. The van der Waals surface area contributed by atoms with Crippen LogP contribution in [-0.2, 0) is 30.5 Å². The molecule has 0 saturated carbocycles. The summed E-state index contributed by atoms with van der Waals surface area (Å²) in [6.45, 7) is 0. The molecule has 0 radical (unpaired) electrons. The first-order chi connectivity index (χ1) is 18.1. The van der Waals surface area contributed by atoms with E-state index in [9.17, 15) is 13.8 Å². The lowest BCUT2D eigenvalue weighted by molar-refractivity contribution is -0.145. The Morgan fingerprint density at radius 3 is 1.54 bits per heavy atom. The molecule has 0 aliphatic rings. The molecule has 0 fully saturated rings. The normalized spacial score (nSPS) is 12.8. The maximum absolute atomic E-state index is 14.4. The van der Waals surface area contributed by atoms with Gasteiger partial charge in [-0.15, -0.1) is 0 Å². The summed E-state index contributed by atoms with van der Waals surface area (Å²) in [6.07, 6.45) is 0.161. The van der Waals surface area contributed by atoms with Crippen LogP contribution in [0.25, 0.3) is 0 Å². The van der Waals surface area contributed by atoms with Crippen LogP contribution in [0.4, 0.5) is 0 Å². The first-order valence-corrected chi connectivity index (χ1v) is 13.4. The first kappa shape index (κ1) is 26.0. The van der Waals surface area contributed by atoms with E-state index in [1.54, 1.807) is 12.1 Å². The van der Waals surface area contributed by atoms with Gasteiger partial charge in [-0.3, -0.25) is 9.00 Å². The Kier molecular flexibility index (Phi) is 8.64. The second-order valence-corrected chi connectivity index (χ2v) is 10.1. The van der Waals surface area contributed by atoms with E-state index in [1.165, 1.54) is 7.11 Å². The van der Waals surface area contributed by atoms with Crippen LogP contribution in [0, 0.1) is 0 Å². The first-order valence-electron chi connectivity index (χ1n) is 12.1. The molecule has 0 spiro atoms. The molecular weight excluding hydrogens is 482 g/mol. The third-order valence-electron chi connectivity index (χ3n) is 6.35. The Morgan fingerprint density at radius 1 is 0.730 bits per heavy atom. The number of carbonyl (C=O) groups excluding carboxylic acids is 2. The third kappa shape index (κ3) is 5.70. The van der Waals surface area contributed by atoms with Crippen LogP contribution in [0.3, 0.4) is 0 Å². The number of rotatable bonds is 10. The Morgan fingerprint density at radius 2 is 1.14 bits per heavy atom. The molecule has 0 unspecified atom stereocenters. The smallest absolute Gasteiger partial charge is 0.328 e. The number of benzene rings is 4. The van der Waals surface area contributed by atoms with Gasteiger partial charge >= 0.3 is 5.97 Å². The number of hydrogen-bond acceptors (Lipinski definition) is 4. The van der Waals surface area contributed by atoms with E-state index in [0.717, 1.165) is 16.7 Å². The molecule has 6 heteroatoms. The molecule has 0 saturated heterocycles. The van der Waals surface area contributed by atoms with Gasteiger partial charge in [0, 0.05) is 10.6 Å². The summed E-state index contributed by atoms with van der Waals surface area (Å²) in [7, 11) is -0.0393. The predicted molar refractivity (Wildman–Crippen MR) is 145 cm³/mol. The maximum Gasteiger partial charge on any atom is 0.328 e. The SMILES string of the molecule is COC(=O)[C@@H](CC[S@@](=O)c1ccccc1)NC(=O)C(c1ccccc1)(c1ccccc1)c1ccccc1. The van der Waals surface area contributed by atoms with Crippen molar-refractivity contribution >= 4 is 22.7 Å². The van der Waals surface area contributed by atoms with Gasteiger partial charge in [0.25, 0.3) is 0 Å². The number of methoxy groups -OCH3 is 1. The van der Waals surface area contributed by atoms with Crippen molar-refractivity contribution in [3.8, 4) is 0 Å². The molecule has 4 aromatic carbocycles. The zero-order chi connectivity index (χ0) is 26.1. The summed E-state index contributed by atoms with van der Waals surface area (Å²) >= 11 is 0. The topological polar surface area (TPSA) is 72.5 Å². The third-order valence-corrected chi connectivity index (χ3v) is 7.75. The molecule has 4 rings (SSSR count). The molecule has 1 N–H and O–H groups in total. The van der Waals surface area contributed by atoms with Crippen molar-refractivity contribution in [2.75, 3.05) is 12.9 Å². The van der Waals surface area contributed by atoms with Crippen molar-refractivity contribution in [1.29, 1.82) is 0 Å². The van der Waals surface area contributed by atoms with Gasteiger partial charge in [0.2, 0.25) is 5.91 Å². The number of hydrogen-bond donors (Lipinski definition) is 1. The van der Waals surface area contributed by atoms with Gasteiger partial charge in [-0.05, 0) is 35.2 Å². The number of nitrogens with one attached hydrogen (secondary N) is 1. The fourth-order valence-corrected chi connectivity index (χ4v) is 5.68. The second-order valence-electron chi connectivity index (χ2n) is 8.55. The summed E-state index contributed by atoms with van der Waals surface area (Å²) < 4.78 is 17.9. The van der Waals surface area contributed by atoms with Gasteiger partial charge in [-0.2, -0.15) is 0 Å². The van der Waals surface area contributed by atoms with Crippen molar-refractivity contribution in [2.24, 2.45) is 0 Å². The highest BCUT2D eigenvalue weighted by atomic mass is 32.2. The highest BCUT2D eigenvalue weighted by Crippen LogP contribution is 2.39. The van der Waals surface area contributed by atoms with Gasteiger partial charge in [0.15, 0.2) is 0 Å². The van der Waals surface area contributed by atoms with Crippen molar-refractivity contribution < 1.29 is 18.5 Å². The van der Waals surface area contributed by atoms with E-state index >= 15 is 0 Å². The van der Waals surface area contributed by atoms with Crippen molar-refractivity contribution in [2.45, 2.75) is 22.8 Å². The van der Waals surface area contributed by atoms with Gasteiger partial charge in [-0.1, -0.05) is 109 Å². The van der Waals surface area contributed by atoms with Crippen LogP contribution in [0.1, 0.15) is 23.1 Å². The number of esters is 1. The van der Waals surface area contributed by atoms with Gasteiger partial charge in [0.1, 0.15) is 11.5 Å². The molecular formula is C31H29NO4S. The Balaban J connectivity index is 1.74. The quantitative estimate of drug-likeness (QED) is 0.243. The van der Waals surface area contributed by atoms with E-state index in [4.69, 9.17) is 4.74 Å². The second kappa shape index (κ2) is 12.3. The molecule has 37 heavy (non-hydrogen) atoms. The molecule has 0 bridgehead atoms. The van der Waals surface area contributed by atoms with Crippen LogP contribution >= 0.6 is 0 Å². The summed E-state index contributed by atoms with van der Waals surface area (Å²) in [5, 5.41) is 2.96. The molecule has 5 nitrogen and oxygen atoms in total. The average molecular weight is 512 g/mol. The standard InChI is InChI=1S/C31H29NO4S/c1-36-29(33)28(22-23-37(35)27-20-12-5-13-21-27)32-30(34)31(24-14-6-2-7-15-24,25-16-8-3-9-17-25)26-18-10-4-11-19-26/h2-21,28H,22-23H2,1H3,(H,32,34)/t28-,37-/m1/s1. The molecule has 4 aromatic rings. The summed E-state index contributed by atoms with van der Waals surface area (Å²) in [5.74, 6) is -0.752. The minimum absolute atomic E-state index is 0.161. The number of ether oxygens (including phenoxy) is 1. The van der Waals surface area contributed by atoms with Crippen LogP contribution < -0.4 is 5.32 Å². The predicted octanol–water partition coefficient (Wildman–Crippen LogP) is 4.88. The molecule has 0 aliphatic carbocycles. The molecule has 0 aromatic heterocycles. The molecule has 0 aliphatic heterocycles. The highest BCUT2D eigenvalue weighted by molar-refractivity contribution is 7.85. The maximum atomic E-state index is 14.4. The minimum atomic E-state index is -1.33. The molecule has 188 valence electrons. The lowest BCUT2D eigenvalue weighted by Gasteiger charge is -2.35. The van der Waals surface area contributed by atoms with E-state index in [-0.39, 0.29) is 18.1 Å². The lowest BCUT2D eigenvalue weighted by Crippen LogP contribution is -2.52. The van der Waals surface area contributed by atoms with Crippen molar-refractivity contribution in [1.82, 2.24) is 5.32 Å². The summed E-state index contributed by atoms with van der Waals surface area (Å²) in [4.78, 5) is 27.9. The van der Waals surface area contributed by atoms with Gasteiger partial charge in [-0.25, -0.2) is 4.79 Å². The van der Waals surface area contributed by atoms with E-state index in [1.807, 2.05) is 109 Å². The van der Waals surface area contributed by atoms with Gasteiger partial charge in [0.05, 0.1) is 17.9 Å². The lowest BCUT2D eigenvalue weighted by atomic mass is 9.68. The average Bonchev–Trinajstić information content (AvgIpc) is 2.97. The summed E-state index contributed by atoms with van der Waals surface area (Å²) in [6, 6.07) is 36.6. The van der Waals surface area contributed by atoms with Crippen LogP contribution in [-0.4, -0.2) is 35.0 Å². The van der Waals surface area contributed by atoms with Crippen LogP contribution in [0.2, 0.25) is 0 Å². The monoisotopic (exact) mass is 511 g/mol. The highest BCUT2D eigenvalue weighted by Gasteiger charge is 2.45. The largest absolute Gasteiger partial charge is 0.467 e.